The molecule has 14 heteroatoms. The highest BCUT2D eigenvalue weighted by molar-refractivity contribution is 6.09. The molecule has 2 amide bonds. The Labute approximate surface area is 238 Å². The number of carboxylic acids is 1. The molecule has 2 fully saturated rings. The van der Waals surface area contributed by atoms with Crippen molar-refractivity contribution in [3.8, 4) is 5.75 Å². The van der Waals surface area contributed by atoms with Crippen LogP contribution in [0.25, 0.3) is 0 Å². The molecule has 4 atom stereocenters. The van der Waals surface area contributed by atoms with Crippen LogP contribution in [-0.2, 0) is 27.3 Å². The van der Waals surface area contributed by atoms with Crippen molar-refractivity contribution in [1.29, 1.82) is 0 Å². The largest absolute Gasteiger partial charge is 0.494 e. The Bertz CT molecular complexity index is 1550. The average molecular weight is 579 g/mol. The number of carbonyl (C=O) groups excluding carboxylic acids is 2. The van der Waals surface area contributed by atoms with Gasteiger partial charge in [0, 0.05) is 24.6 Å². The number of aliphatic carboxylic acids is 1. The zero-order valence-corrected chi connectivity index (χ0v) is 22.3. The summed E-state index contributed by atoms with van der Waals surface area (Å²) in [6, 6.07) is 13.6. The standard InChI is InChI=1S/C28H26N4O10/c1-2-13-41-19-9-5-17(6-10-19)24-22-23(26(34)30(25(22)33)15-20-11-12-21(42-20)32(39)40)28(29-24,27(35)36)14-16-3-7-18(8-4-16)31(37)38/h3-12,22-24,29H,2,13-15H2,1H3,(H,35,36). The second-order valence-electron chi connectivity index (χ2n) is 10.2. The summed E-state index contributed by atoms with van der Waals surface area (Å²) in [7, 11) is 0. The third-order valence-corrected chi connectivity index (χ3v) is 7.61. The van der Waals surface area contributed by atoms with E-state index in [2.05, 4.69) is 5.32 Å². The lowest BCUT2D eigenvalue weighted by atomic mass is 9.76. The normalized spacial score (nSPS) is 23.2. The summed E-state index contributed by atoms with van der Waals surface area (Å²) in [6.07, 6.45) is 0.541. The first-order valence-corrected chi connectivity index (χ1v) is 13.1. The number of hydrogen-bond acceptors (Lipinski definition) is 10. The van der Waals surface area contributed by atoms with Crippen LogP contribution in [-0.4, -0.2) is 49.8 Å². The fourth-order valence-corrected chi connectivity index (χ4v) is 5.69. The van der Waals surface area contributed by atoms with Gasteiger partial charge < -0.3 is 14.3 Å². The highest BCUT2D eigenvalue weighted by Gasteiger charge is 2.68. The minimum atomic E-state index is -1.96. The summed E-state index contributed by atoms with van der Waals surface area (Å²) in [6.45, 7) is 2.04. The molecule has 4 unspecified atom stereocenters. The molecule has 0 saturated carbocycles. The number of nitrogens with one attached hydrogen (secondary N) is 1. The quantitative estimate of drug-likeness (QED) is 0.192. The fraction of sp³-hybridized carbons (Fsp3) is 0.321. The van der Waals surface area contributed by atoms with Crippen LogP contribution in [0.1, 0.15) is 36.3 Å². The van der Waals surface area contributed by atoms with Gasteiger partial charge >= 0.3 is 11.9 Å². The van der Waals surface area contributed by atoms with Crippen molar-refractivity contribution in [2.45, 2.75) is 37.9 Å². The maximum absolute atomic E-state index is 13.9. The number of nitrogens with zero attached hydrogens (tertiary/aromatic N) is 3. The molecule has 14 nitrogen and oxygen atoms in total. The number of rotatable bonds is 11. The molecule has 0 radical (unpaired) electrons. The van der Waals surface area contributed by atoms with E-state index in [1.165, 1.54) is 30.3 Å². The predicted molar refractivity (Wildman–Crippen MR) is 143 cm³/mol. The first-order chi connectivity index (χ1) is 20.1. The van der Waals surface area contributed by atoms with E-state index >= 15 is 0 Å². The molecule has 0 spiro atoms. The molecule has 0 bridgehead atoms. The van der Waals surface area contributed by atoms with E-state index in [0.717, 1.165) is 17.4 Å². The van der Waals surface area contributed by atoms with Gasteiger partial charge in [0.1, 0.15) is 22.0 Å². The van der Waals surface area contributed by atoms with Gasteiger partial charge in [0.25, 0.3) is 5.69 Å². The van der Waals surface area contributed by atoms with Crippen molar-refractivity contribution in [2.75, 3.05) is 6.61 Å². The fourth-order valence-electron chi connectivity index (χ4n) is 5.69. The lowest BCUT2D eigenvalue weighted by Gasteiger charge is -2.31. The van der Waals surface area contributed by atoms with Crippen molar-refractivity contribution >= 4 is 29.4 Å². The number of benzene rings is 2. The Kier molecular flexibility index (Phi) is 7.47. The van der Waals surface area contributed by atoms with Crippen LogP contribution in [0.3, 0.4) is 0 Å². The molecular weight excluding hydrogens is 552 g/mol. The van der Waals surface area contributed by atoms with E-state index in [1.807, 2.05) is 6.92 Å². The molecule has 218 valence electrons. The van der Waals surface area contributed by atoms with Crippen molar-refractivity contribution in [3.63, 3.8) is 0 Å². The van der Waals surface area contributed by atoms with Crippen molar-refractivity contribution < 1.29 is 38.5 Å². The lowest BCUT2D eigenvalue weighted by Crippen LogP contribution is -2.57. The maximum Gasteiger partial charge on any atom is 0.433 e. The van der Waals surface area contributed by atoms with Crippen molar-refractivity contribution in [1.82, 2.24) is 10.2 Å². The van der Waals surface area contributed by atoms with E-state index in [1.54, 1.807) is 24.3 Å². The van der Waals surface area contributed by atoms with Gasteiger partial charge in [-0.25, -0.2) is 0 Å². The number of carboxylic acid groups (broad SMARTS) is 1. The summed E-state index contributed by atoms with van der Waals surface area (Å²) in [5.74, 6) is -5.28. The lowest BCUT2D eigenvalue weighted by molar-refractivity contribution is -0.402. The Morgan fingerprint density at radius 3 is 2.29 bits per heavy atom. The second kappa shape index (κ2) is 11.0. The maximum atomic E-state index is 13.9. The molecule has 3 heterocycles. The van der Waals surface area contributed by atoms with Gasteiger partial charge in [-0.05, 0) is 35.7 Å². The Morgan fingerprint density at radius 2 is 1.71 bits per heavy atom. The third-order valence-electron chi connectivity index (χ3n) is 7.61. The van der Waals surface area contributed by atoms with Crippen LogP contribution in [0.4, 0.5) is 11.6 Å². The molecule has 5 rings (SSSR count). The average Bonchev–Trinajstić information content (AvgIpc) is 3.64. The first kappa shape index (κ1) is 28.4. The van der Waals surface area contributed by atoms with Gasteiger partial charge in [-0.2, -0.15) is 0 Å². The van der Waals surface area contributed by atoms with Crippen LogP contribution in [0.15, 0.2) is 65.1 Å². The Balaban J connectivity index is 1.54. The molecule has 2 aromatic carbocycles. The monoisotopic (exact) mass is 578 g/mol. The highest BCUT2D eigenvalue weighted by Crippen LogP contribution is 2.50. The number of likely N-dealkylation sites (tertiary alicyclic amines) is 1. The summed E-state index contributed by atoms with van der Waals surface area (Å²) in [5.41, 5.74) is -1.19. The van der Waals surface area contributed by atoms with Gasteiger partial charge in [-0.15, -0.1) is 0 Å². The molecule has 1 aromatic heterocycles. The van der Waals surface area contributed by atoms with E-state index in [9.17, 15) is 39.7 Å². The topological polar surface area (TPSA) is 195 Å². The minimum absolute atomic E-state index is 0.0124. The number of non-ortho nitro benzene ring substituents is 1. The number of nitro groups is 2. The molecule has 42 heavy (non-hydrogen) atoms. The van der Waals surface area contributed by atoms with E-state index in [4.69, 9.17) is 9.15 Å². The van der Waals surface area contributed by atoms with Crippen molar-refractivity contribution in [3.05, 3.63) is 97.8 Å². The second-order valence-corrected chi connectivity index (χ2v) is 10.2. The SMILES string of the molecule is CCCOc1ccc(C2NC(Cc3ccc([N+](=O)[O-])cc3)(C(=O)O)C3C(=O)N(Cc4ccc([N+](=O)[O-])o4)C(=O)C23)cc1. The van der Waals surface area contributed by atoms with E-state index < -0.39 is 63.5 Å². The smallest absolute Gasteiger partial charge is 0.433 e. The van der Waals surface area contributed by atoms with E-state index in [-0.39, 0.29) is 17.9 Å². The molecule has 2 aliphatic heterocycles. The van der Waals surface area contributed by atoms with E-state index in [0.29, 0.717) is 23.5 Å². The molecule has 2 N–H and O–H groups in total. The number of imide groups is 1. The van der Waals surface area contributed by atoms with Crippen LogP contribution >= 0.6 is 0 Å². The Morgan fingerprint density at radius 1 is 1.02 bits per heavy atom. The van der Waals surface area contributed by atoms with Gasteiger partial charge in [-0.3, -0.25) is 44.8 Å². The molecule has 2 aliphatic rings. The number of hydrogen-bond donors (Lipinski definition) is 2. The van der Waals surface area contributed by atoms with Gasteiger partial charge in [0.05, 0.1) is 36.0 Å². The zero-order chi connectivity index (χ0) is 30.2. The van der Waals surface area contributed by atoms with Gasteiger partial charge in [-0.1, -0.05) is 31.2 Å². The number of carbonyl (C=O) groups is 3. The Hall–Kier alpha value is -5.11. The van der Waals surface area contributed by atoms with Crippen LogP contribution in [0, 0.1) is 32.1 Å². The molecule has 3 aromatic rings. The molecule has 2 saturated heterocycles. The third kappa shape index (κ3) is 4.96. The number of nitro benzene ring substituents is 1. The number of ether oxygens (including phenoxy) is 1. The molecular formula is C28H26N4O10. The van der Waals surface area contributed by atoms with Gasteiger partial charge in [0.2, 0.25) is 11.8 Å². The number of amides is 2. The van der Waals surface area contributed by atoms with Crippen LogP contribution < -0.4 is 10.1 Å². The van der Waals surface area contributed by atoms with Gasteiger partial charge in [0.15, 0.2) is 0 Å². The van der Waals surface area contributed by atoms with Crippen LogP contribution in [0.5, 0.6) is 5.75 Å². The summed E-state index contributed by atoms with van der Waals surface area (Å²) >= 11 is 0. The first-order valence-electron chi connectivity index (χ1n) is 13.1. The minimum Gasteiger partial charge on any atom is -0.494 e. The number of furan rings is 1. The van der Waals surface area contributed by atoms with Crippen molar-refractivity contribution in [2.24, 2.45) is 11.8 Å². The zero-order valence-electron chi connectivity index (χ0n) is 22.3. The number of fused-ring (bicyclic) bond motifs is 1. The van der Waals surface area contributed by atoms with Crippen LogP contribution in [0.2, 0.25) is 0 Å². The highest BCUT2D eigenvalue weighted by atomic mass is 16.6. The predicted octanol–water partition coefficient (Wildman–Crippen LogP) is 3.40. The molecule has 0 aliphatic carbocycles. The summed E-state index contributed by atoms with van der Waals surface area (Å²) in [5, 5.41) is 35.9. The summed E-state index contributed by atoms with van der Waals surface area (Å²) in [4.78, 5) is 62.4. The summed E-state index contributed by atoms with van der Waals surface area (Å²) < 4.78 is 10.8.